The van der Waals surface area contributed by atoms with Crippen molar-refractivity contribution in [3.05, 3.63) is 76.9 Å². The van der Waals surface area contributed by atoms with Crippen molar-refractivity contribution < 1.29 is 0 Å². The van der Waals surface area contributed by atoms with Gasteiger partial charge in [-0.05, 0) is 68.1 Å². The second-order valence-corrected chi connectivity index (χ2v) is 6.36. The van der Waals surface area contributed by atoms with Crippen LogP contribution in [0.15, 0.2) is 54.6 Å². The Bertz CT molecular complexity index is 659. The van der Waals surface area contributed by atoms with Gasteiger partial charge >= 0.3 is 0 Å². The highest BCUT2D eigenvalue weighted by molar-refractivity contribution is 5.46. The lowest BCUT2D eigenvalue weighted by molar-refractivity contribution is 0.685. The Labute approximate surface area is 140 Å². The topological polar surface area (TPSA) is 24.1 Å². The number of hydrogen-bond acceptors (Lipinski definition) is 2. The van der Waals surface area contributed by atoms with Gasteiger partial charge in [0.05, 0.1) is 0 Å². The van der Waals surface area contributed by atoms with Crippen LogP contribution >= 0.6 is 0 Å². The lowest BCUT2D eigenvalue weighted by atomic mass is 10.1. The molecule has 0 amide bonds. The second kappa shape index (κ2) is 8.54. The van der Waals surface area contributed by atoms with Gasteiger partial charge in [0.15, 0.2) is 0 Å². The third-order valence-electron chi connectivity index (χ3n) is 4.05. The Kier molecular flexibility index (Phi) is 6.42. The van der Waals surface area contributed by atoms with E-state index in [4.69, 9.17) is 0 Å². The van der Waals surface area contributed by atoms with Gasteiger partial charge in [-0.1, -0.05) is 35.9 Å². The van der Waals surface area contributed by atoms with Gasteiger partial charge in [-0.3, -0.25) is 0 Å². The van der Waals surface area contributed by atoms with Crippen LogP contribution in [0.2, 0.25) is 0 Å². The molecule has 0 aromatic heterocycles. The third kappa shape index (κ3) is 5.91. The number of nitrogens with one attached hydrogen (secondary N) is 2. The first-order valence-electron chi connectivity index (χ1n) is 8.28. The van der Waals surface area contributed by atoms with Crippen LogP contribution in [0.3, 0.4) is 0 Å². The van der Waals surface area contributed by atoms with Crippen LogP contribution in [0, 0.1) is 13.8 Å². The van der Waals surface area contributed by atoms with Crippen molar-refractivity contribution in [3.63, 3.8) is 0 Å². The van der Waals surface area contributed by atoms with Gasteiger partial charge in [-0.25, -0.2) is 0 Å². The first-order chi connectivity index (χ1) is 11.0. The van der Waals surface area contributed by atoms with Crippen molar-refractivity contribution in [1.82, 2.24) is 5.32 Å². The van der Waals surface area contributed by atoms with E-state index < -0.39 is 0 Å². The predicted molar refractivity (Wildman–Crippen MR) is 101 cm³/mol. The number of aryl methyl sites for hydroxylation is 2. The Morgan fingerprint density at radius 2 is 1.74 bits per heavy atom. The molecular weight excluding hydrogens is 280 g/mol. The van der Waals surface area contributed by atoms with Gasteiger partial charge in [0.2, 0.25) is 0 Å². The normalized spacial score (nSPS) is 10.6. The van der Waals surface area contributed by atoms with Crippen LogP contribution in [0.5, 0.6) is 0 Å². The van der Waals surface area contributed by atoms with Crippen LogP contribution < -0.4 is 10.6 Å². The molecule has 0 saturated heterocycles. The van der Waals surface area contributed by atoms with E-state index in [1.165, 1.54) is 33.5 Å². The molecule has 23 heavy (non-hydrogen) atoms. The number of hydrogen-bond donors (Lipinski definition) is 2. The Hall–Kier alpha value is -2.06. The molecule has 0 bridgehead atoms. The van der Waals surface area contributed by atoms with Crippen LogP contribution in [0.1, 0.15) is 35.6 Å². The number of benzene rings is 2. The molecule has 0 atom stereocenters. The molecule has 0 radical (unpaired) electrons. The van der Waals surface area contributed by atoms with E-state index in [0.717, 1.165) is 26.1 Å². The van der Waals surface area contributed by atoms with E-state index in [0.29, 0.717) is 0 Å². The first-order valence-corrected chi connectivity index (χ1v) is 8.28. The van der Waals surface area contributed by atoms with Crippen LogP contribution in [0.25, 0.3) is 0 Å². The summed E-state index contributed by atoms with van der Waals surface area (Å²) in [5.74, 6) is 0. The van der Waals surface area contributed by atoms with Crippen molar-refractivity contribution in [3.8, 4) is 0 Å². The van der Waals surface area contributed by atoms with Crippen molar-refractivity contribution in [1.29, 1.82) is 0 Å². The third-order valence-corrected chi connectivity index (χ3v) is 4.05. The molecule has 0 unspecified atom stereocenters. The molecule has 0 aliphatic carbocycles. The lowest BCUT2D eigenvalue weighted by Gasteiger charge is -2.10. The van der Waals surface area contributed by atoms with E-state index >= 15 is 0 Å². The van der Waals surface area contributed by atoms with Gasteiger partial charge in [-0.2, -0.15) is 0 Å². The summed E-state index contributed by atoms with van der Waals surface area (Å²) in [6, 6.07) is 15.2. The standard InChI is InChI=1S/C21H28N2/c1-16(2)10-11-22-14-19-6-5-7-21(13-19)23-15-20-9-8-17(3)18(4)12-20/h5-9,12-13,22-23H,1,10-11,14-15H2,2-4H3. The van der Waals surface area contributed by atoms with Crippen molar-refractivity contribution in [2.45, 2.75) is 40.3 Å². The van der Waals surface area contributed by atoms with Gasteiger partial charge in [0, 0.05) is 18.8 Å². The molecule has 2 nitrogen and oxygen atoms in total. The summed E-state index contributed by atoms with van der Waals surface area (Å²) in [5.41, 5.74) is 7.70. The predicted octanol–water partition coefficient (Wildman–Crippen LogP) is 4.97. The fourth-order valence-corrected chi connectivity index (χ4v) is 2.44. The molecule has 0 spiro atoms. The monoisotopic (exact) mass is 308 g/mol. The van der Waals surface area contributed by atoms with Crippen LogP contribution in [-0.2, 0) is 13.1 Å². The molecule has 0 fully saturated rings. The molecule has 2 N–H and O–H groups in total. The summed E-state index contributed by atoms with van der Waals surface area (Å²) in [7, 11) is 0. The van der Waals surface area contributed by atoms with E-state index in [1.807, 2.05) is 0 Å². The average Bonchev–Trinajstić information content (AvgIpc) is 2.53. The second-order valence-electron chi connectivity index (χ2n) is 6.36. The summed E-state index contributed by atoms with van der Waals surface area (Å²) in [4.78, 5) is 0. The highest BCUT2D eigenvalue weighted by atomic mass is 14.9. The van der Waals surface area contributed by atoms with E-state index in [1.54, 1.807) is 0 Å². The summed E-state index contributed by atoms with van der Waals surface area (Å²) >= 11 is 0. The zero-order chi connectivity index (χ0) is 16.7. The summed E-state index contributed by atoms with van der Waals surface area (Å²) in [6.07, 6.45) is 1.03. The molecule has 0 aliphatic heterocycles. The van der Waals surface area contributed by atoms with Gasteiger partial charge in [0.25, 0.3) is 0 Å². The first kappa shape index (κ1) is 17.3. The minimum atomic E-state index is 0.855. The van der Waals surface area contributed by atoms with Crippen molar-refractivity contribution in [2.24, 2.45) is 0 Å². The Balaban J connectivity index is 1.86. The van der Waals surface area contributed by atoms with Crippen molar-refractivity contribution >= 4 is 5.69 Å². The fourth-order valence-electron chi connectivity index (χ4n) is 2.44. The zero-order valence-corrected chi connectivity index (χ0v) is 14.6. The Morgan fingerprint density at radius 1 is 0.957 bits per heavy atom. The molecule has 0 saturated carbocycles. The highest BCUT2D eigenvalue weighted by Gasteiger charge is 1.99. The molecule has 2 aromatic rings. The molecule has 2 heteroatoms. The Morgan fingerprint density at radius 3 is 2.48 bits per heavy atom. The van der Waals surface area contributed by atoms with Gasteiger partial charge < -0.3 is 10.6 Å². The maximum atomic E-state index is 3.93. The SMILES string of the molecule is C=C(C)CCNCc1cccc(NCc2ccc(C)c(C)c2)c1. The summed E-state index contributed by atoms with van der Waals surface area (Å²) < 4.78 is 0. The molecule has 0 aliphatic rings. The largest absolute Gasteiger partial charge is 0.381 e. The van der Waals surface area contributed by atoms with Crippen LogP contribution in [0.4, 0.5) is 5.69 Å². The fraction of sp³-hybridized carbons (Fsp3) is 0.333. The smallest absolute Gasteiger partial charge is 0.0400 e. The zero-order valence-electron chi connectivity index (χ0n) is 14.6. The highest BCUT2D eigenvalue weighted by Crippen LogP contribution is 2.14. The minimum absolute atomic E-state index is 0.855. The van der Waals surface area contributed by atoms with E-state index in [2.05, 4.69) is 80.4 Å². The molecule has 0 heterocycles. The minimum Gasteiger partial charge on any atom is -0.381 e. The van der Waals surface area contributed by atoms with Crippen LogP contribution in [-0.4, -0.2) is 6.54 Å². The quantitative estimate of drug-likeness (QED) is 0.531. The van der Waals surface area contributed by atoms with Gasteiger partial charge in [0.1, 0.15) is 0 Å². The number of rotatable bonds is 8. The van der Waals surface area contributed by atoms with Gasteiger partial charge in [-0.15, -0.1) is 6.58 Å². The molecule has 2 rings (SSSR count). The maximum Gasteiger partial charge on any atom is 0.0400 e. The molecule has 122 valence electrons. The summed E-state index contributed by atoms with van der Waals surface area (Å²) in [6.45, 7) is 13.0. The van der Waals surface area contributed by atoms with Crippen molar-refractivity contribution in [2.75, 3.05) is 11.9 Å². The molecular formula is C21H28N2. The van der Waals surface area contributed by atoms with E-state index in [-0.39, 0.29) is 0 Å². The average molecular weight is 308 g/mol. The van der Waals surface area contributed by atoms with E-state index in [9.17, 15) is 0 Å². The number of anilines is 1. The summed E-state index contributed by atoms with van der Waals surface area (Å²) in [5, 5.41) is 6.97. The maximum absolute atomic E-state index is 3.93. The molecule has 2 aromatic carbocycles. The lowest BCUT2D eigenvalue weighted by Crippen LogP contribution is -2.14.